The number of nitrogens with zero attached hydrogens (tertiary/aromatic N) is 2. The number of hydrogen-bond acceptors (Lipinski definition) is 2. The second-order valence-electron chi connectivity index (χ2n) is 5.84. The highest BCUT2D eigenvalue weighted by molar-refractivity contribution is 6.30. The van der Waals surface area contributed by atoms with Crippen LogP contribution in [0.25, 0.3) is 0 Å². The van der Waals surface area contributed by atoms with Crippen molar-refractivity contribution >= 4 is 17.4 Å². The lowest BCUT2D eigenvalue weighted by molar-refractivity contribution is 0.103. The topological polar surface area (TPSA) is 25.2 Å². The number of ketones is 1. The summed E-state index contributed by atoms with van der Waals surface area (Å²) in [6.07, 6.45) is 0.951. The summed E-state index contributed by atoms with van der Waals surface area (Å²) < 4.78 is 2.04. The van der Waals surface area contributed by atoms with Crippen LogP contribution in [0.5, 0.6) is 0 Å². The minimum atomic E-state index is 0.0516. The monoisotopic (exact) mass is 332 g/mol. The quantitative estimate of drug-likeness (QED) is 0.713. The van der Waals surface area contributed by atoms with Crippen LogP contribution >= 0.6 is 11.6 Å². The Hall–Kier alpha value is -1.58. The highest BCUT2D eigenvalue weighted by atomic mass is 35.5. The molecule has 0 aliphatic rings. The second kappa shape index (κ2) is 7.80. The molecule has 0 N–H and O–H groups in total. The normalized spacial score (nSPS) is 11.2. The van der Waals surface area contributed by atoms with Crippen LogP contribution in [-0.4, -0.2) is 34.9 Å². The van der Waals surface area contributed by atoms with Crippen LogP contribution in [0, 0.1) is 6.92 Å². The predicted molar refractivity (Wildman–Crippen MR) is 96.5 cm³/mol. The summed E-state index contributed by atoms with van der Waals surface area (Å²) in [6, 6.07) is 9.22. The fraction of sp³-hybridized carbons (Fsp3) is 0.421. The highest BCUT2D eigenvalue weighted by Gasteiger charge is 2.18. The molecule has 0 aliphatic carbocycles. The minimum absolute atomic E-state index is 0.0516. The molecule has 0 fully saturated rings. The predicted octanol–water partition coefficient (Wildman–Crippen LogP) is 4.10. The van der Waals surface area contributed by atoms with Gasteiger partial charge >= 0.3 is 0 Å². The van der Waals surface area contributed by atoms with E-state index in [1.807, 2.05) is 18.5 Å². The summed E-state index contributed by atoms with van der Waals surface area (Å²) in [5.74, 6) is 0.0516. The average molecular weight is 333 g/mol. The smallest absolute Gasteiger partial charge is 0.209 e. The second-order valence-corrected chi connectivity index (χ2v) is 6.28. The zero-order valence-corrected chi connectivity index (χ0v) is 15.2. The fourth-order valence-corrected chi connectivity index (χ4v) is 3.07. The van der Waals surface area contributed by atoms with Gasteiger partial charge in [0.1, 0.15) is 0 Å². The van der Waals surface area contributed by atoms with E-state index in [-0.39, 0.29) is 5.78 Å². The summed E-state index contributed by atoms with van der Waals surface area (Å²) in [7, 11) is 1.98. The van der Waals surface area contributed by atoms with E-state index in [9.17, 15) is 4.79 Å². The lowest BCUT2D eigenvalue weighted by Gasteiger charge is -2.18. The molecule has 2 rings (SSSR count). The third kappa shape index (κ3) is 4.04. The minimum Gasteiger partial charge on any atom is -0.345 e. The zero-order valence-electron chi connectivity index (χ0n) is 14.4. The van der Waals surface area contributed by atoms with E-state index in [1.54, 1.807) is 24.3 Å². The van der Waals surface area contributed by atoms with Crippen molar-refractivity contribution in [2.75, 3.05) is 19.6 Å². The molecular formula is C19H25ClN2O. The number of carbonyl (C=O) groups excluding carboxylic acids is 1. The molecule has 3 nitrogen and oxygen atoms in total. The molecule has 0 radical (unpaired) electrons. The van der Waals surface area contributed by atoms with Crippen molar-refractivity contribution in [1.29, 1.82) is 0 Å². The molecule has 1 heterocycles. The lowest BCUT2D eigenvalue weighted by atomic mass is 10.1. The van der Waals surface area contributed by atoms with Crippen molar-refractivity contribution in [2.45, 2.75) is 27.2 Å². The molecule has 1 aromatic carbocycles. The molecule has 124 valence electrons. The molecule has 0 spiro atoms. The fourth-order valence-electron chi connectivity index (χ4n) is 2.94. The lowest BCUT2D eigenvalue weighted by Crippen LogP contribution is -2.26. The number of aryl methyl sites for hydroxylation is 1. The number of aromatic nitrogens is 1. The van der Waals surface area contributed by atoms with Gasteiger partial charge in [-0.25, -0.2) is 0 Å². The van der Waals surface area contributed by atoms with Crippen molar-refractivity contribution in [3.8, 4) is 0 Å². The molecule has 0 atom stereocenters. The Morgan fingerprint density at radius 1 is 1.17 bits per heavy atom. The van der Waals surface area contributed by atoms with Gasteiger partial charge < -0.3 is 9.47 Å². The van der Waals surface area contributed by atoms with E-state index >= 15 is 0 Å². The van der Waals surface area contributed by atoms with Crippen LogP contribution in [0.2, 0.25) is 5.02 Å². The van der Waals surface area contributed by atoms with Gasteiger partial charge in [0, 0.05) is 36.3 Å². The Morgan fingerprint density at radius 2 is 1.78 bits per heavy atom. The van der Waals surface area contributed by atoms with Crippen molar-refractivity contribution in [3.05, 3.63) is 57.9 Å². The van der Waals surface area contributed by atoms with Crippen LogP contribution < -0.4 is 0 Å². The summed E-state index contributed by atoms with van der Waals surface area (Å²) in [5, 5.41) is 0.644. The SMILES string of the molecule is CCN(CC)CCc1cc(C)c(C(=O)c2ccc(Cl)cc2)n1C. The Balaban J connectivity index is 2.23. The Bertz CT molecular complexity index is 669. The number of benzene rings is 1. The van der Waals surface area contributed by atoms with Gasteiger partial charge in [0.05, 0.1) is 5.69 Å². The number of rotatable bonds is 7. The molecule has 0 amide bonds. The molecule has 0 aliphatic heterocycles. The first-order valence-electron chi connectivity index (χ1n) is 8.15. The molecule has 0 unspecified atom stereocenters. The van der Waals surface area contributed by atoms with Gasteiger partial charge in [0.15, 0.2) is 0 Å². The van der Waals surface area contributed by atoms with Crippen LogP contribution in [0.3, 0.4) is 0 Å². The van der Waals surface area contributed by atoms with Crippen molar-refractivity contribution in [3.63, 3.8) is 0 Å². The largest absolute Gasteiger partial charge is 0.345 e. The van der Waals surface area contributed by atoms with Gasteiger partial charge in [-0.3, -0.25) is 4.79 Å². The average Bonchev–Trinajstić information content (AvgIpc) is 2.82. The first-order valence-corrected chi connectivity index (χ1v) is 8.53. The molecular weight excluding hydrogens is 308 g/mol. The molecule has 23 heavy (non-hydrogen) atoms. The van der Waals surface area contributed by atoms with Crippen molar-refractivity contribution < 1.29 is 4.79 Å². The molecule has 1 aromatic heterocycles. The van der Waals surface area contributed by atoms with Gasteiger partial charge in [-0.1, -0.05) is 25.4 Å². The summed E-state index contributed by atoms with van der Waals surface area (Å²) >= 11 is 5.91. The molecule has 2 aromatic rings. The first kappa shape index (κ1) is 17.8. The number of likely N-dealkylation sites (N-methyl/N-ethyl adjacent to an activating group) is 1. The van der Waals surface area contributed by atoms with Crippen molar-refractivity contribution in [2.24, 2.45) is 7.05 Å². The summed E-state index contributed by atoms with van der Waals surface area (Å²) in [6.45, 7) is 9.47. The maximum absolute atomic E-state index is 12.8. The number of halogens is 1. The summed E-state index contributed by atoms with van der Waals surface area (Å²) in [4.78, 5) is 15.2. The van der Waals surface area contributed by atoms with E-state index in [0.717, 1.165) is 37.3 Å². The molecule has 0 saturated heterocycles. The highest BCUT2D eigenvalue weighted by Crippen LogP contribution is 2.20. The third-order valence-corrected chi connectivity index (χ3v) is 4.67. The van der Waals surface area contributed by atoms with Crippen LogP contribution in [-0.2, 0) is 13.5 Å². The van der Waals surface area contributed by atoms with Gasteiger partial charge in [-0.2, -0.15) is 0 Å². The van der Waals surface area contributed by atoms with E-state index in [2.05, 4.69) is 24.8 Å². The maximum Gasteiger partial charge on any atom is 0.209 e. The van der Waals surface area contributed by atoms with Gasteiger partial charge in [-0.05, 0) is 55.9 Å². The Morgan fingerprint density at radius 3 is 2.35 bits per heavy atom. The first-order chi connectivity index (χ1) is 11.0. The Kier molecular flexibility index (Phi) is 6.03. The van der Waals surface area contributed by atoms with E-state index in [1.165, 1.54) is 5.69 Å². The number of hydrogen-bond donors (Lipinski definition) is 0. The molecule has 0 saturated carbocycles. The molecule has 0 bridgehead atoms. The van der Waals surface area contributed by atoms with Gasteiger partial charge in [0.25, 0.3) is 0 Å². The number of carbonyl (C=O) groups is 1. The standard InChI is InChI=1S/C19H25ClN2O/c1-5-22(6-2)12-11-17-13-14(3)18(21(17)4)19(23)15-7-9-16(20)10-8-15/h7-10,13H,5-6,11-12H2,1-4H3. The summed E-state index contributed by atoms with van der Waals surface area (Å²) in [5.41, 5.74) is 3.67. The third-order valence-electron chi connectivity index (χ3n) is 4.42. The Labute approximate surface area is 143 Å². The maximum atomic E-state index is 12.8. The van der Waals surface area contributed by atoms with E-state index in [0.29, 0.717) is 10.6 Å². The van der Waals surface area contributed by atoms with E-state index in [4.69, 9.17) is 11.6 Å². The van der Waals surface area contributed by atoms with Gasteiger partial charge in [0.2, 0.25) is 5.78 Å². The van der Waals surface area contributed by atoms with Gasteiger partial charge in [-0.15, -0.1) is 0 Å². The van der Waals surface area contributed by atoms with Crippen LogP contribution in [0.1, 0.15) is 41.2 Å². The van der Waals surface area contributed by atoms with E-state index < -0.39 is 0 Å². The zero-order chi connectivity index (χ0) is 17.0. The van der Waals surface area contributed by atoms with Crippen LogP contribution in [0.4, 0.5) is 0 Å². The van der Waals surface area contributed by atoms with Crippen molar-refractivity contribution in [1.82, 2.24) is 9.47 Å². The molecule has 4 heteroatoms. The van der Waals surface area contributed by atoms with Crippen LogP contribution in [0.15, 0.2) is 30.3 Å².